The first kappa shape index (κ1) is 18.2. The smallest absolute Gasteiger partial charge is 0.407 e. The number of thiocarbonyl (C=S) groups is 1. The van der Waals surface area contributed by atoms with Crippen LogP contribution >= 0.6 is 23.8 Å². The average Bonchev–Trinajstić information content (AvgIpc) is 3.14. The Balaban J connectivity index is 1.51. The van der Waals surface area contributed by atoms with Crippen molar-refractivity contribution in [2.45, 2.75) is 31.3 Å². The molecule has 2 heterocycles. The summed E-state index contributed by atoms with van der Waals surface area (Å²) in [5.41, 5.74) is 0.835. The van der Waals surface area contributed by atoms with Crippen LogP contribution in [0.1, 0.15) is 6.92 Å². The van der Waals surface area contributed by atoms with Gasteiger partial charge in [0.1, 0.15) is 12.2 Å². The van der Waals surface area contributed by atoms with Crippen LogP contribution in [0, 0.1) is 0 Å². The molecule has 9 heteroatoms. The summed E-state index contributed by atoms with van der Waals surface area (Å²) in [6.07, 6.45) is -1.39. The number of carbonyl (C=O) groups excluding carboxylic acids is 1. The molecular formula is C16H20ClN3O4S. The van der Waals surface area contributed by atoms with Crippen molar-refractivity contribution >= 4 is 40.7 Å². The minimum absolute atomic E-state index is 0.111. The maximum absolute atomic E-state index is 11.6. The van der Waals surface area contributed by atoms with Gasteiger partial charge in [-0.2, -0.15) is 0 Å². The Morgan fingerprint density at radius 3 is 2.72 bits per heavy atom. The lowest BCUT2D eigenvalue weighted by molar-refractivity contribution is 0.00425. The predicted octanol–water partition coefficient (Wildman–Crippen LogP) is 1.91. The molecule has 3 N–H and O–H groups in total. The summed E-state index contributed by atoms with van der Waals surface area (Å²) in [6, 6.07) is 7.13. The molecule has 2 aliphatic rings. The van der Waals surface area contributed by atoms with E-state index < -0.39 is 12.2 Å². The lowest BCUT2D eigenvalue weighted by atomic mass is 10.1. The molecule has 2 saturated heterocycles. The molecule has 2 fully saturated rings. The molecule has 0 saturated carbocycles. The van der Waals surface area contributed by atoms with Crippen LogP contribution in [0.5, 0.6) is 0 Å². The Labute approximate surface area is 156 Å². The Bertz CT molecular complexity index is 630. The van der Waals surface area contributed by atoms with E-state index in [1.54, 1.807) is 12.1 Å². The summed E-state index contributed by atoms with van der Waals surface area (Å²) in [6.45, 7) is 3.07. The normalized spacial score (nSPS) is 27.4. The summed E-state index contributed by atoms with van der Waals surface area (Å²) in [7, 11) is 0. The van der Waals surface area contributed by atoms with Crippen molar-refractivity contribution in [3.05, 3.63) is 29.3 Å². The van der Waals surface area contributed by atoms with E-state index in [1.807, 2.05) is 19.1 Å². The van der Waals surface area contributed by atoms with Crippen molar-refractivity contribution in [2.24, 2.45) is 0 Å². The zero-order valence-electron chi connectivity index (χ0n) is 13.7. The predicted molar refractivity (Wildman–Crippen MR) is 98.0 cm³/mol. The number of rotatable bonds is 4. The van der Waals surface area contributed by atoms with Crippen molar-refractivity contribution in [3.63, 3.8) is 0 Å². The Morgan fingerprint density at radius 2 is 2.00 bits per heavy atom. The van der Waals surface area contributed by atoms with Crippen LogP contribution in [-0.2, 0) is 14.2 Å². The molecule has 3 rings (SSSR count). The van der Waals surface area contributed by atoms with Crippen molar-refractivity contribution in [2.75, 3.05) is 25.1 Å². The highest BCUT2D eigenvalue weighted by molar-refractivity contribution is 7.80. The quantitative estimate of drug-likeness (QED) is 0.683. The van der Waals surface area contributed by atoms with E-state index in [0.717, 1.165) is 5.69 Å². The van der Waals surface area contributed by atoms with Gasteiger partial charge < -0.3 is 30.2 Å². The molecule has 7 nitrogen and oxygen atoms in total. The maximum atomic E-state index is 11.6. The molecule has 136 valence electrons. The van der Waals surface area contributed by atoms with Crippen molar-refractivity contribution in [1.29, 1.82) is 0 Å². The molecule has 0 aliphatic carbocycles. The molecular weight excluding hydrogens is 366 g/mol. The van der Waals surface area contributed by atoms with Gasteiger partial charge in [-0.15, -0.1) is 0 Å². The van der Waals surface area contributed by atoms with Crippen molar-refractivity contribution < 1.29 is 19.0 Å². The molecule has 4 atom stereocenters. The van der Waals surface area contributed by atoms with Crippen molar-refractivity contribution in [1.82, 2.24) is 10.6 Å². The molecule has 0 aromatic heterocycles. The average molecular weight is 386 g/mol. The van der Waals surface area contributed by atoms with Crippen LogP contribution in [0.3, 0.4) is 0 Å². The summed E-state index contributed by atoms with van der Waals surface area (Å²) < 4.78 is 16.8. The summed E-state index contributed by atoms with van der Waals surface area (Å²) in [4.78, 5) is 11.6. The number of hydrogen-bond donors (Lipinski definition) is 3. The topological polar surface area (TPSA) is 80.9 Å². The highest BCUT2D eigenvalue weighted by Gasteiger charge is 2.49. The third-order valence-corrected chi connectivity index (χ3v) is 4.48. The van der Waals surface area contributed by atoms with Crippen LogP contribution in [0.4, 0.5) is 10.5 Å². The van der Waals surface area contributed by atoms with Gasteiger partial charge in [0.2, 0.25) is 0 Å². The van der Waals surface area contributed by atoms with Gasteiger partial charge in [-0.05, 0) is 43.4 Å². The third-order valence-electron chi connectivity index (χ3n) is 4.01. The van der Waals surface area contributed by atoms with Crippen molar-refractivity contribution in [3.8, 4) is 0 Å². The van der Waals surface area contributed by atoms with E-state index >= 15 is 0 Å². The number of halogens is 1. The number of nitrogens with one attached hydrogen (secondary N) is 3. The first-order valence-corrected chi connectivity index (χ1v) is 8.86. The summed E-state index contributed by atoms with van der Waals surface area (Å²) in [5, 5.41) is 10.0. The van der Waals surface area contributed by atoms with Gasteiger partial charge in [0.15, 0.2) is 11.2 Å². The molecule has 0 spiro atoms. The number of alkyl carbamates (subject to hydrolysis) is 1. The Morgan fingerprint density at radius 1 is 1.28 bits per heavy atom. The molecule has 0 bridgehead atoms. The van der Waals surface area contributed by atoms with E-state index in [4.69, 9.17) is 38.0 Å². The van der Waals surface area contributed by atoms with E-state index in [2.05, 4.69) is 16.0 Å². The fourth-order valence-electron chi connectivity index (χ4n) is 2.88. The first-order valence-electron chi connectivity index (χ1n) is 8.07. The van der Waals surface area contributed by atoms with Gasteiger partial charge >= 0.3 is 6.09 Å². The number of benzene rings is 1. The Kier molecular flexibility index (Phi) is 5.95. The molecule has 4 unspecified atom stereocenters. The van der Waals surface area contributed by atoms with E-state index in [9.17, 15) is 4.79 Å². The summed E-state index contributed by atoms with van der Waals surface area (Å²) in [5.74, 6) is 0. The highest BCUT2D eigenvalue weighted by atomic mass is 35.5. The minimum Gasteiger partial charge on any atom is -0.441 e. The van der Waals surface area contributed by atoms with E-state index in [0.29, 0.717) is 29.9 Å². The van der Waals surface area contributed by atoms with Crippen LogP contribution in [0.25, 0.3) is 0 Å². The van der Waals surface area contributed by atoms with Gasteiger partial charge in [-0.25, -0.2) is 4.79 Å². The number of hydrogen-bond acceptors (Lipinski definition) is 5. The second-order valence-corrected chi connectivity index (χ2v) is 6.63. The first-order chi connectivity index (χ1) is 12.1. The van der Waals surface area contributed by atoms with Crippen LogP contribution in [-0.4, -0.2) is 55.3 Å². The van der Waals surface area contributed by atoms with Crippen LogP contribution < -0.4 is 16.0 Å². The van der Waals surface area contributed by atoms with Gasteiger partial charge in [-0.1, -0.05) is 11.6 Å². The third kappa shape index (κ3) is 4.52. The van der Waals surface area contributed by atoms with Gasteiger partial charge in [0, 0.05) is 17.3 Å². The van der Waals surface area contributed by atoms with E-state index in [-0.39, 0.29) is 18.2 Å². The zero-order valence-corrected chi connectivity index (χ0v) is 15.2. The van der Waals surface area contributed by atoms with Gasteiger partial charge in [0.05, 0.1) is 19.3 Å². The van der Waals surface area contributed by atoms with Crippen LogP contribution in [0.15, 0.2) is 24.3 Å². The number of ether oxygens (including phenoxy) is 3. The second-order valence-electron chi connectivity index (χ2n) is 5.78. The molecule has 1 aromatic rings. The molecule has 0 radical (unpaired) electrons. The second kappa shape index (κ2) is 8.18. The fraction of sp³-hybridized carbons (Fsp3) is 0.500. The molecule has 1 aromatic carbocycles. The fourth-order valence-corrected chi connectivity index (χ4v) is 3.28. The highest BCUT2D eigenvalue weighted by Crippen LogP contribution is 2.29. The standard InChI is InChI=1S/C16H20ClN3O4S/c1-2-18-16(21)24-12-8-23-13-11(7-22-14(12)13)20-15(25)19-10-5-3-9(17)4-6-10/h3-6,11-14H,2,7-8H2,1H3,(H,18,21)(H2,19,20,25). The van der Waals surface area contributed by atoms with Crippen LogP contribution in [0.2, 0.25) is 5.02 Å². The molecule has 1 amide bonds. The van der Waals surface area contributed by atoms with Gasteiger partial charge in [0.25, 0.3) is 0 Å². The number of amides is 1. The van der Waals surface area contributed by atoms with E-state index in [1.165, 1.54) is 0 Å². The molecule has 25 heavy (non-hydrogen) atoms. The monoisotopic (exact) mass is 385 g/mol. The number of carbonyl (C=O) groups is 1. The zero-order chi connectivity index (χ0) is 17.8. The Hall–Kier alpha value is -1.61. The summed E-state index contributed by atoms with van der Waals surface area (Å²) >= 11 is 11.2. The maximum Gasteiger partial charge on any atom is 0.407 e. The number of anilines is 1. The SMILES string of the molecule is CCNC(=O)OC1COC2C(NC(=S)Nc3ccc(Cl)cc3)COC12. The number of fused-ring (bicyclic) bond motifs is 1. The largest absolute Gasteiger partial charge is 0.441 e. The minimum atomic E-state index is -0.461. The lowest BCUT2D eigenvalue weighted by Gasteiger charge is -2.20. The lowest BCUT2D eigenvalue weighted by Crippen LogP contribution is -2.46. The molecule has 2 aliphatic heterocycles. The van der Waals surface area contributed by atoms with Gasteiger partial charge in [-0.3, -0.25) is 0 Å².